The molecule has 0 spiro atoms. The molecule has 4 atom stereocenters. The number of hydrogen-bond acceptors (Lipinski definition) is 7. The Morgan fingerprint density at radius 1 is 0.800 bits per heavy atom. The van der Waals surface area contributed by atoms with Gasteiger partial charge in [-0.15, -0.1) is 0 Å². The highest BCUT2D eigenvalue weighted by Crippen LogP contribution is 2.25. The van der Waals surface area contributed by atoms with Crippen LogP contribution in [0.25, 0.3) is 0 Å². The molecular weight excluding hydrogens is 639 g/mol. The standard InChI is InChI=1S/C38H55FN6O5/c1-26(2)22-32(40-34(46)24-44-20-18-43(5)19-21-44)36(47)41-33(23-27(3)4)37(48)42-35(28-10-7-6-8-11-28)38(49)45-17-9-12-30(45)25-50-31-15-13-29(39)14-16-31/h6-8,10-11,13-16,26-27,30,32-33,35H,9,12,17-25H2,1-5H3,(H,40,46)(H,41,47)(H,42,48)/t30-,32-,33-,35-/m0/s1. The third kappa shape index (κ3) is 11.8. The molecule has 2 saturated heterocycles. The van der Waals surface area contributed by atoms with Gasteiger partial charge in [0.1, 0.15) is 36.3 Å². The maximum atomic E-state index is 14.2. The van der Waals surface area contributed by atoms with Crippen LogP contribution in [0, 0.1) is 17.7 Å². The Morgan fingerprint density at radius 3 is 2.02 bits per heavy atom. The number of nitrogens with zero attached hydrogens (tertiary/aromatic N) is 3. The fraction of sp³-hybridized carbons (Fsp3) is 0.579. The molecule has 12 heteroatoms. The van der Waals surface area contributed by atoms with Gasteiger partial charge in [0.25, 0.3) is 0 Å². The van der Waals surface area contributed by atoms with Crippen LogP contribution in [0.5, 0.6) is 5.75 Å². The van der Waals surface area contributed by atoms with Crippen molar-refractivity contribution >= 4 is 23.6 Å². The van der Waals surface area contributed by atoms with Gasteiger partial charge in [0.05, 0.1) is 12.6 Å². The van der Waals surface area contributed by atoms with E-state index in [1.807, 2.05) is 45.9 Å². The molecule has 11 nitrogen and oxygen atoms in total. The van der Waals surface area contributed by atoms with E-state index in [-0.39, 0.29) is 48.7 Å². The molecule has 50 heavy (non-hydrogen) atoms. The zero-order valence-corrected chi connectivity index (χ0v) is 30.2. The number of carbonyl (C=O) groups excluding carboxylic acids is 4. The van der Waals surface area contributed by atoms with Crippen LogP contribution in [0.1, 0.15) is 65.0 Å². The van der Waals surface area contributed by atoms with Gasteiger partial charge in [-0.05, 0) is 74.4 Å². The number of likely N-dealkylation sites (tertiary alicyclic amines) is 1. The second kappa shape index (κ2) is 18.8. The molecule has 0 bridgehead atoms. The van der Waals surface area contributed by atoms with E-state index in [1.54, 1.807) is 29.2 Å². The van der Waals surface area contributed by atoms with Crippen LogP contribution in [0.3, 0.4) is 0 Å². The molecule has 2 aliphatic rings. The number of carbonyl (C=O) groups is 4. The predicted octanol–water partition coefficient (Wildman–Crippen LogP) is 3.36. The molecule has 2 aromatic rings. The van der Waals surface area contributed by atoms with Gasteiger partial charge in [-0.1, -0.05) is 58.0 Å². The van der Waals surface area contributed by atoms with Crippen LogP contribution in [-0.4, -0.2) is 109 Å². The minimum absolute atomic E-state index is 0.0545. The average molecular weight is 695 g/mol. The van der Waals surface area contributed by atoms with Crippen molar-refractivity contribution in [1.82, 2.24) is 30.7 Å². The van der Waals surface area contributed by atoms with Crippen molar-refractivity contribution in [1.29, 1.82) is 0 Å². The number of amides is 4. The van der Waals surface area contributed by atoms with Crippen molar-refractivity contribution in [3.05, 3.63) is 66.0 Å². The van der Waals surface area contributed by atoms with Crippen molar-refractivity contribution in [3.63, 3.8) is 0 Å². The average Bonchev–Trinajstić information content (AvgIpc) is 3.55. The van der Waals surface area contributed by atoms with Crippen LogP contribution in [0.2, 0.25) is 0 Å². The number of halogens is 1. The van der Waals surface area contributed by atoms with E-state index >= 15 is 0 Å². The van der Waals surface area contributed by atoms with Gasteiger partial charge in [0.2, 0.25) is 23.6 Å². The van der Waals surface area contributed by atoms with Gasteiger partial charge in [0.15, 0.2) is 0 Å². The van der Waals surface area contributed by atoms with E-state index in [4.69, 9.17) is 4.74 Å². The van der Waals surface area contributed by atoms with Crippen LogP contribution in [0.15, 0.2) is 54.6 Å². The van der Waals surface area contributed by atoms with Crippen molar-refractivity contribution < 1.29 is 28.3 Å². The second-order valence-corrected chi connectivity index (χ2v) is 14.5. The number of piperazine rings is 1. The van der Waals surface area contributed by atoms with Crippen LogP contribution < -0.4 is 20.7 Å². The quantitative estimate of drug-likeness (QED) is 0.246. The minimum Gasteiger partial charge on any atom is -0.491 e. The highest BCUT2D eigenvalue weighted by atomic mass is 19.1. The molecule has 0 aromatic heterocycles. The van der Waals surface area contributed by atoms with Gasteiger partial charge in [-0.25, -0.2) is 4.39 Å². The molecule has 0 radical (unpaired) electrons. The lowest BCUT2D eigenvalue weighted by Crippen LogP contribution is -2.57. The van der Waals surface area contributed by atoms with E-state index in [9.17, 15) is 23.6 Å². The Kier molecular flexibility index (Phi) is 14.6. The Labute approximate surface area is 296 Å². The molecule has 3 N–H and O–H groups in total. The highest BCUT2D eigenvalue weighted by Gasteiger charge is 2.37. The summed E-state index contributed by atoms with van der Waals surface area (Å²) in [6, 6.07) is 11.9. The summed E-state index contributed by atoms with van der Waals surface area (Å²) in [4.78, 5) is 61.1. The maximum absolute atomic E-state index is 14.2. The molecule has 4 rings (SSSR count). The summed E-state index contributed by atoms with van der Waals surface area (Å²) in [5.41, 5.74) is 0.624. The minimum atomic E-state index is -0.989. The number of likely N-dealkylation sites (N-methyl/N-ethyl adjacent to an activating group) is 1. The summed E-state index contributed by atoms with van der Waals surface area (Å²) >= 11 is 0. The molecule has 0 aliphatic carbocycles. The summed E-state index contributed by atoms with van der Waals surface area (Å²) in [5.74, 6) is -1.06. The van der Waals surface area contributed by atoms with Gasteiger partial charge >= 0.3 is 0 Å². The molecule has 2 aromatic carbocycles. The highest BCUT2D eigenvalue weighted by molar-refractivity contribution is 5.95. The topological polar surface area (TPSA) is 123 Å². The first-order valence-corrected chi connectivity index (χ1v) is 17.9. The molecule has 2 fully saturated rings. The maximum Gasteiger partial charge on any atom is 0.250 e. The van der Waals surface area contributed by atoms with E-state index in [0.717, 1.165) is 39.0 Å². The number of hydrogen-bond donors (Lipinski definition) is 3. The zero-order valence-electron chi connectivity index (χ0n) is 30.2. The smallest absolute Gasteiger partial charge is 0.250 e. The van der Waals surface area contributed by atoms with E-state index < -0.39 is 29.9 Å². The van der Waals surface area contributed by atoms with Crippen molar-refractivity contribution in [2.45, 2.75) is 77.5 Å². The Bertz CT molecular complexity index is 1400. The van der Waals surface area contributed by atoms with Gasteiger partial charge in [-0.3, -0.25) is 24.1 Å². The molecular formula is C38H55FN6O5. The molecule has 2 aliphatic heterocycles. The fourth-order valence-electron chi connectivity index (χ4n) is 6.49. The van der Waals surface area contributed by atoms with Crippen molar-refractivity contribution in [2.75, 3.05) is 52.9 Å². The number of ether oxygens (including phenoxy) is 1. The molecule has 274 valence electrons. The lowest BCUT2D eigenvalue weighted by atomic mass is 9.99. The lowest BCUT2D eigenvalue weighted by molar-refractivity contribution is -0.139. The summed E-state index contributed by atoms with van der Waals surface area (Å²) in [5, 5.41) is 8.83. The molecule has 2 heterocycles. The zero-order chi connectivity index (χ0) is 36.2. The Morgan fingerprint density at radius 2 is 1.40 bits per heavy atom. The van der Waals surface area contributed by atoms with Gasteiger partial charge < -0.3 is 30.5 Å². The third-order valence-corrected chi connectivity index (χ3v) is 9.24. The van der Waals surface area contributed by atoms with Gasteiger partial charge in [-0.2, -0.15) is 0 Å². The van der Waals surface area contributed by atoms with Crippen LogP contribution in [-0.2, 0) is 19.2 Å². The third-order valence-electron chi connectivity index (χ3n) is 9.24. The fourth-order valence-corrected chi connectivity index (χ4v) is 6.49. The predicted molar refractivity (Wildman–Crippen MR) is 191 cm³/mol. The molecule has 0 saturated carbocycles. The lowest BCUT2D eigenvalue weighted by Gasteiger charge is -2.32. The largest absolute Gasteiger partial charge is 0.491 e. The van der Waals surface area contributed by atoms with Crippen LogP contribution in [0.4, 0.5) is 4.39 Å². The number of nitrogens with one attached hydrogen (secondary N) is 3. The Balaban J connectivity index is 1.46. The number of benzene rings is 2. The van der Waals surface area contributed by atoms with Crippen molar-refractivity contribution in [3.8, 4) is 5.75 Å². The number of rotatable bonds is 16. The van der Waals surface area contributed by atoms with E-state index in [2.05, 4.69) is 32.8 Å². The van der Waals surface area contributed by atoms with E-state index in [1.165, 1.54) is 12.1 Å². The molecule has 0 unspecified atom stereocenters. The summed E-state index contributed by atoms with van der Waals surface area (Å²) in [6.45, 7) is 12.2. The Hall–Kier alpha value is -4.03. The monoisotopic (exact) mass is 694 g/mol. The second-order valence-electron chi connectivity index (χ2n) is 14.5. The SMILES string of the molecule is CC(C)C[C@H](NC(=O)CN1CCN(C)CC1)C(=O)N[C@@H](CC(C)C)C(=O)N[C@H](C(=O)N1CCC[C@H]1COc1ccc(F)cc1)c1ccccc1. The molecule has 4 amide bonds. The van der Waals surface area contributed by atoms with Crippen molar-refractivity contribution in [2.24, 2.45) is 11.8 Å². The van der Waals surface area contributed by atoms with E-state index in [0.29, 0.717) is 30.7 Å². The van der Waals surface area contributed by atoms with Crippen LogP contribution >= 0.6 is 0 Å². The normalized spacial score (nSPS) is 18.8. The first kappa shape index (κ1) is 38.8. The van der Waals surface area contributed by atoms with Gasteiger partial charge in [0, 0.05) is 32.7 Å². The summed E-state index contributed by atoms with van der Waals surface area (Å²) in [7, 11) is 2.05. The summed E-state index contributed by atoms with van der Waals surface area (Å²) in [6.07, 6.45) is 2.27. The first-order valence-electron chi connectivity index (χ1n) is 17.9. The summed E-state index contributed by atoms with van der Waals surface area (Å²) < 4.78 is 19.3. The first-order chi connectivity index (χ1) is 23.9.